The molecule has 0 spiro atoms. The molecule has 6 heteroatoms. The third-order valence-corrected chi connectivity index (χ3v) is 5.00. The average molecular weight is 297 g/mol. The first-order valence-corrected chi connectivity index (χ1v) is 8.77. The zero-order chi connectivity index (χ0) is 14.6. The fourth-order valence-electron chi connectivity index (χ4n) is 2.38. The number of anilines is 2. The predicted molar refractivity (Wildman–Crippen MR) is 83.9 cm³/mol. The largest absolute Gasteiger partial charge is 0.367 e. The Morgan fingerprint density at radius 3 is 2.35 bits per heavy atom. The first kappa shape index (κ1) is 15.1. The van der Waals surface area contributed by atoms with Gasteiger partial charge in [0.25, 0.3) is 0 Å². The molecule has 1 heterocycles. The second-order valence-electron chi connectivity index (χ2n) is 4.94. The summed E-state index contributed by atoms with van der Waals surface area (Å²) in [6.07, 6.45) is 0. The highest BCUT2D eigenvalue weighted by Gasteiger charge is 2.19. The minimum absolute atomic E-state index is 0.0882. The van der Waals surface area contributed by atoms with Gasteiger partial charge in [-0.15, -0.1) is 0 Å². The van der Waals surface area contributed by atoms with Gasteiger partial charge in [-0.2, -0.15) is 0 Å². The van der Waals surface area contributed by atoms with Gasteiger partial charge in [0.05, 0.1) is 17.1 Å². The minimum Gasteiger partial charge on any atom is -0.367 e. The van der Waals surface area contributed by atoms with Crippen molar-refractivity contribution in [3.05, 3.63) is 24.3 Å². The lowest BCUT2D eigenvalue weighted by Gasteiger charge is -2.36. The van der Waals surface area contributed by atoms with Gasteiger partial charge in [-0.05, 0) is 25.6 Å². The van der Waals surface area contributed by atoms with E-state index in [0.717, 1.165) is 38.4 Å². The summed E-state index contributed by atoms with van der Waals surface area (Å²) in [6, 6.07) is 7.62. The van der Waals surface area contributed by atoms with Gasteiger partial charge in [-0.1, -0.05) is 19.1 Å². The summed E-state index contributed by atoms with van der Waals surface area (Å²) in [7, 11) is -3.24. The Balaban J connectivity index is 2.16. The van der Waals surface area contributed by atoms with Crippen LogP contribution >= 0.6 is 0 Å². The maximum absolute atomic E-state index is 11.8. The third-order valence-electron chi connectivity index (χ3n) is 3.71. The van der Waals surface area contributed by atoms with Crippen LogP contribution in [0.2, 0.25) is 0 Å². The van der Waals surface area contributed by atoms with Gasteiger partial charge < -0.3 is 9.80 Å². The molecule has 1 aromatic carbocycles. The molecular weight excluding hydrogens is 274 g/mol. The second-order valence-corrected chi connectivity index (χ2v) is 6.95. The Morgan fingerprint density at radius 2 is 1.75 bits per heavy atom. The van der Waals surface area contributed by atoms with Gasteiger partial charge >= 0.3 is 0 Å². The van der Waals surface area contributed by atoms with Gasteiger partial charge in [0.2, 0.25) is 10.0 Å². The Bertz CT molecular complexity index is 537. The summed E-state index contributed by atoms with van der Waals surface area (Å²) in [5, 5.41) is 0. The van der Waals surface area contributed by atoms with E-state index in [1.807, 2.05) is 24.3 Å². The van der Waals surface area contributed by atoms with Crippen LogP contribution < -0.4 is 9.62 Å². The van der Waals surface area contributed by atoms with E-state index in [1.165, 1.54) is 0 Å². The highest BCUT2D eigenvalue weighted by molar-refractivity contribution is 7.92. The summed E-state index contributed by atoms with van der Waals surface area (Å²) < 4.78 is 26.2. The Kier molecular flexibility index (Phi) is 4.88. The first-order chi connectivity index (χ1) is 9.55. The quantitative estimate of drug-likeness (QED) is 0.897. The van der Waals surface area contributed by atoms with Crippen molar-refractivity contribution >= 4 is 21.4 Å². The number of para-hydroxylation sites is 2. The molecule has 0 saturated carbocycles. The van der Waals surface area contributed by atoms with E-state index in [9.17, 15) is 8.42 Å². The van der Waals surface area contributed by atoms with E-state index in [0.29, 0.717) is 5.69 Å². The molecule has 1 aliphatic heterocycles. The molecule has 0 atom stereocenters. The topological polar surface area (TPSA) is 52.6 Å². The van der Waals surface area contributed by atoms with Gasteiger partial charge in [0.15, 0.2) is 0 Å². The molecule has 1 aliphatic rings. The van der Waals surface area contributed by atoms with Crippen molar-refractivity contribution in [2.24, 2.45) is 0 Å². The van der Waals surface area contributed by atoms with Crippen molar-refractivity contribution in [1.29, 1.82) is 0 Å². The molecule has 20 heavy (non-hydrogen) atoms. The van der Waals surface area contributed by atoms with Crippen molar-refractivity contribution in [3.8, 4) is 0 Å². The lowest BCUT2D eigenvalue weighted by atomic mass is 10.2. The van der Waals surface area contributed by atoms with E-state index >= 15 is 0 Å². The van der Waals surface area contributed by atoms with Gasteiger partial charge in [-0.25, -0.2) is 8.42 Å². The fourth-order valence-corrected chi connectivity index (χ4v) is 3.03. The molecule has 1 fully saturated rings. The maximum atomic E-state index is 11.8. The maximum Gasteiger partial charge on any atom is 0.232 e. The zero-order valence-electron chi connectivity index (χ0n) is 12.2. The molecule has 0 aliphatic carbocycles. The van der Waals surface area contributed by atoms with Crippen molar-refractivity contribution in [2.45, 2.75) is 13.8 Å². The summed E-state index contributed by atoms with van der Waals surface area (Å²) in [4.78, 5) is 4.65. The van der Waals surface area contributed by atoms with Crippen LogP contribution in [0.4, 0.5) is 11.4 Å². The molecule has 0 aromatic heterocycles. The van der Waals surface area contributed by atoms with Crippen LogP contribution in [-0.4, -0.2) is 51.8 Å². The summed E-state index contributed by atoms with van der Waals surface area (Å²) in [5.41, 5.74) is 1.65. The van der Waals surface area contributed by atoms with Crippen LogP contribution in [-0.2, 0) is 10.0 Å². The SMILES string of the molecule is CCN1CCN(c2ccccc2NS(=O)(=O)CC)CC1. The van der Waals surface area contributed by atoms with E-state index in [4.69, 9.17) is 0 Å². The van der Waals surface area contributed by atoms with Crippen molar-refractivity contribution in [1.82, 2.24) is 4.90 Å². The number of nitrogens with one attached hydrogen (secondary N) is 1. The van der Waals surface area contributed by atoms with Crippen LogP contribution in [0.15, 0.2) is 24.3 Å². The standard InChI is InChI=1S/C14H23N3O2S/c1-3-16-9-11-17(12-10-16)14-8-6-5-7-13(14)15-20(18,19)4-2/h5-8,15H,3-4,9-12H2,1-2H3. The molecule has 1 saturated heterocycles. The number of rotatable bonds is 5. The van der Waals surface area contributed by atoms with Crippen LogP contribution in [0.1, 0.15) is 13.8 Å². The summed E-state index contributed by atoms with van der Waals surface area (Å²) in [6.45, 7) is 8.77. The smallest absolute Gasteiger partial charge is 0.232 e. The molecule has 2 rings (SSSR count). The second kappa shape index (κ2) is 6.45. The number of hydrogen-bond acceptors (Lipinski definition) is 4. The minimum atomic E-state index is -3.24. The molecule has 0 bridgehead atoms. The fraction of sp³-hybridized carbons (Fsp3) is 0.571. The van der Waals surface area contributed by atoms with Crippen LogP contribution in [0.3, 0.4) is 0 Å². The summed E-state index contributed by atoms with van der Waals surface area (Å²) >= 11 is 0. The van der Waals surface area contributed by atoms with E-state index in [1.54, 1.807) is 6.92 Å². The Morgan fingerprint density at radius 1 is 1.10 bits per heavy atom. The van der Waals surface area contributed by atoms with Crippen LogP contribution in [0.5, 0.6) is 0 Å². The molecule has 0 amide bonds. The number of likely N-dealkylation sites (N-methyl/N-ethyl adjacent to an activating group) is 1. The first-order valence-electron chi connectivity index (χ1n) is 7.12. The average Bonchev–Trinajstić information content (AvgIpc) is 2.48. The van der Waals surface area contributed by atoms with Gasteiger partial charge in [0, 0.05) is 26.2 Å². The molecule has 0 radical (unpaired) electrons. The molecular formula is C14H23N3O2S. The molecule has 112 valence electrons. The normalized spacial score (nSPS) is 17.2. The lowest BCUT2D eigenvalue weighted by Crippen LogP contribution is -2.46. The van der Waals surface area contributed by atoms with Crippen molar-refractivity contribution in [2.75, 3.05) is 48.1 Å². The Labute approximate surface area is 121 Å². The van der Waals surface area contributed by atoms with Crippen LogP contribution in [0.25, 0.3) is 0 Å². The van der Waals surface area contributed by atoms with Crippen LogP contribution in [0, 0.1) is 0 Å². The number of piperazine rings is 1. The van der Waals surface area contributed by atoms with Crippen molar-refractivity contribution < 1.29 is 8.42 Å². The van der Waals surface area contributed by atoms with E-state index in [2.05, 4.69) is 21.4 Å². The van der Waals surface area contributed by atoms with Gasteiger partial charge in [0.1, 0.15) is 0 Å². The highest BCUT2D eigenvalue weighted by atomic mass is 32.2. The van der Waals surface area contributed by atoms with E-state index in [-0.39, 0.29) is 5.75 Å². The molecule has 1 N–H and O–H groups in total. The molecule has 1 aromatic rings. The third kappa shape index (κ3) is 3.64. The highest BCUT2D eigenvalue weighted by Crippen LogP contribution is 2.27. The Hall–Kier alpha value is -1.27. The number of sulfonamides is 1. The zero-order valence-corrected chi connectivity index (χ0v) is 13.0. The van der Waals surface area contributed by atoms with Gasteiger partial charge in [-0.3, -0.25) is 4.72 Å². The van der Waals surface area contributed by atoms with Crippen molar-refractivity contribution in [3.63, 3.8) is 0 Å². The lowest BCUT2D eigenvalue weighted by molar-refractivity contribution is 0.271. The number of hydrogen-bond donors (Lipinski definition) is 1. The monoisotopic (exact) mass is 297 g/mol. The predicted octanol–water partition coefficient (Wildman–Crippen LogP) is 1.59. The molecule has 5 nitrogen and oxygen atoms in total. The van der Waals surface area contributed by atoms with E-state index < -0.39 is 10.0 Å². The number of nitrogens with zero attached hydrogens (tertiary/aromatic N) is 2. The summed E-state index contributed by atoms with van der Waals surface area (Å²) in [5.74, 6) is 0.0882. The molecule has 0 unspecified atom stereocenters. The number of benzene rings is 1.